The van der Waals surface area contributed by atoms with E-state index in [1.165, 1.54) is 11.3 Å². The van der Waals surface area contributed by atoms with Crippen LogP contribution in [0.4, 0.5) is 5.00 Å². The lowest BCUT2D eigenvalue weighted by atomic mass is 10.2. The number of likely N-dealkylation sites (N-methyl/N-ethyl adjacent to an activating group) is 1. The van der Waals surface area contributed by atoms with Crippen LogP contribution in [0.1, 0.15) is 20.3 Å². The Hall–Kier alpha value is -1.72. The first kappa shape index (κ1) is 15.7. The number of halogens is 1. The summed E-state index contributed by atoms with van der Waals surface area (Å²) in [6.45, 7) is 8.13. The van der Waals surface area contributed by atoms with Crippen LogP contribution in [0.25, 0.3) is 10.6 Å². The van der Waals surface area contributed by atoms with Crippen molar-refractivity contribution in [1.82, 2.24) is 9.97 Å². The van der Waals surface area contributed by atoms with Crippen LogP contribution in [-0.4, -0.2) is 22.4 Å². The van der Waals surface area contributed by atoms with Gasteiger partial charge < -0.3 is 0 Å². The Morgan fingerprint density at radius 3 is 2.81 bits per heavy atom. The van der Waals surface area contributed by atoms with Crippen molar-refractivity contribution in [3.63, 3.8) is 0 Å². The molecule has 0 atom stereocenters. The molecule has 0 saturated heterocycles. The molecule has 21 heavy (non-hydrogen) atoms. The van der Waals surface area contributed by atoms with Crippen molar-refractivity contribution >= 4 is 33.8 Å². The summed E-state index contributed by atoms with van der Waals surface area (Å²) in [5, 5.41) is 1.73. The zero-order chi connectivity index (χ0) is 15.4. The van der Waals surface area contributed by atoms with Crippen LogP contribution in [0.2, 0.25) is 5.15 Å². The molecule has 0 spiro atoms. The maximum absolute atomic E-state index is 12.3. The van der Waals surface area contributed by atoms with Gasteiger partial charge in [0, 0.05) is 30.1 Å². The maximum Gasteiger partial charge on any atom is 0.254 e. The fraction of sp³-hybridized carbons (Fsp3) is 0.267. The monoisotopic (exact) mass is 321 g/mol. The minimum Gasteiger partial charge on any atom is -0.298 e. The van der Waals surface area contributed by atoms with Gasteiger partial charge in [-0.05, 0) is 25.5 Å². The SMILES string of the molecule is C=C(CC)C(=O)N(CC)c1sc(-c2cccnc2)nc1Cl. The highest BCUT2D eigenvalue weighted by Gasteiger charge is 2.22. The molecule has 1 amide bonds. The van der Waals surface area contributed by atoms with Gasteiger partial charge in [-0.25, -0.2) is 4.98 Å². The van der Waals surface area contributed by atoms with E-state index in [9.17, 15) is 4.79 Å². The van der Waals surface area contributed by atoms with Crippen molar-refractivity contribution in [1.29, 1.82) is 0 Å². The van der Waals surface area contributed by atoms with Crippen molar-refractivity contribution in [3.8, 4) is 10.6 Å². The molecule has 0 fully saturated rings. The Labute approximate surface area is 133 Å². The molecule has 0 unspecified atom stereocenters. The number of nitrogens with zero attached hydrogens (tertiary/aromatic N) is 3. The number of aromatic nitrogens is 2. The van der Waals surface area contributed by atoms with E-state index in [0.29, 0.717) is 28.7 Å². The molecule has 0 aliphatic heterocycles. The average molecular weight is 322 g/mol. The molecule has 0 aliphatic carbocycles. The third-order valence-electron chi connectivity index (χ3n) is 3.01. The van der Waals surface area contributed by atoms with Crippen molar-refractivity contribution < 1.29 is 4.79 Å². The number of hydrogen-bond donors (Lipinski definition) is 0. The fourth-order valence-corrected chi connectivity index (χ4v) is 3.16. The van der Waals surface area contributed by atoms with Gasteiger partial charge in [0.05, 0.1) is 0 Å². The number of rotatable bonds is 5. The smallest absolute Gasteiger partial charge is 0.254 e. The maximum atomic E-state index is 12.3. The topological polar surface area (TPSA) is 46.1 Å². The van der Waals surface area contributed by atoms with Crippen molar-refractivity contribution in [2.24, 2.45) is 0 Å². The van der Waals surface area contributed by atoms with Crippen molar-refractivity contribution in [2.75, 3.05) is 11.4 Å². The first-order valence-electron chi connectivity index (χ1n) is 6.64. The zero-order valence-electron chi connectivity index (χ0n) is 12.0. The van der Waals surface area contributed by atoms with Crippen LogP contribution < -0.4 is 4.90 Å². The lowest BCUT2D eigenvalue weighted by Crippen LogP contribution is -2.31. The van der Waals surface area contributed by atoms with Crippen LogP contribution in [-0.2, 0) is 4.79 Å². The zero-order valence-corrected chi connectivity index (χ0v) is 13.5. The van der Waals surface area contributed by atoms with Gasteiger partial charge in [-0.1, -0.05) is 36.4 Å². The summed E-state index contributed by atoms with van der Waals surface area (Å²) in [6, 6.07) is 3.75. The van der Waals surface area contributed by atoms with Gasteiger partial charge in [-0.2, -0.15) is 0 Å². The lowest BCUT2D eigenvalue weighted by molar-refractivity contribution is -0.115. The first-order chi connectivity index (χ1) is 10.1. The standard InChI is InChI=1S/C15H16ClN3OS/c1-4-10(3)14(20)19(5-2)15-12(16)18-13(21-15)11-7-6-8-17-9-11/h6-9H,3-5H2,1-2H3. The molecular formula is C15H16ClN3OS. The summed E-state index contributed by atoms with van der Waals surface area (Å²) >= 11 is 7.60. The van der Waals surface area contributed by atoms with Gasteiger partial charge in [-0.3, -0.25) is 14.7 Å². The van der Waals surface area contributed by atoms with E-state index in [1.807, 2.05) is 26.0 Å². The van der Waals surface area contributed by atoms with E-state index < -0.39 is 0 Å². The molecule has 6 heteroatoms. The predicted molar refractivity (Wildman–Crippen MR) is 87.8 cm³/mol. The first-order valence-corrected chi connectivity index (χ1v) is 7.84. The number of carbonyl (C=O) groups is 1. The van der Waals surface area contributed by atoms with Gasteiger partial charge in [0.25, 0.3) is 5.91 Å². The second-order valence-electron chi connectivity index (χ2n) is 4.36. The van der Waals surface area contributed by atoms with Gasteiger partial charge >= 0.3 is 0 Å². The summed E-state index contributed by atoms with van der Waals surface area (Å²) in [4.78, 5) is 22.4. The van der Waals surface area contributed by atoms with E-state index in [4.69, 9.17) is 11.6 Å². The van der Waals surface area contributed by atoms with E-state index >= 15 is 0 Å². The molecule has 2 aromatic heterocycles. The average Bonchev–Trinajstić information content (AvgIpc) is 2.90. The number of anilines is 1. The number of pyridine rings is 1. The van der Waals surface area contributed by atoms with Crippen LogP contribution in [0.5, 0.6) is 0 Å². The van der Waals surface area contributed by atoms with Crippen LogP contribution in [0, 0.1) is 0 Å². The quantitative estimate of drug-likeness (QED) is 0.776. The van der Waals surface area contributed by atoms with Crippen molar-refractivity contribution in [2.45, 2.75) is 20.3 Å². The molecule has 0 aromatic carbocycles. The summed E-state index contributed by atoms with van der Waals surface area (Å²) in [7, 11) is 0. The second kappa shape index (κ2) is 6.83. The molecule has 2 rings (SSSR count). The third-order valence-corrected chi connectivity index (χ3v) is 4.52. The Balaban J connectivity index is 2.38. The Morgan fingerprint density at radius 1 is 1.48 bits per heavy atom. The van der Waals surface area contributed by atoms with Crippen molar-refractivity contribution in [3.05, 3.63) is 41.8 Å². The summed E-state index contributed by atoms with van der Waals surface area (Å²) in [6.07, 6.45) is 4.04. The van der Waals surface area contributed by atoms with Gasteiger partial charge in [0.1, 0.15) is 10.0 Å². The molecule has 0 saturated carbocycles. The molecule has 0 aliphatic rings. The Kier molecular flexibility index (Phi) is 5.09. The van der Waals surface area contributed by atoms with E-state index in [2.05, 4.69) is 16.5 Å². The fourth-order valence-electron chi connectivity index (χ4n) is 1.79. The van der Waals surface area contributed by atoms with E-state index in [1.54, 1.807) is 17.3 Å². The normalized spacial score (nSPS) is 10.4. The molecular weight excluding hydrogens is 306 g/mol. The molecule has 0 N–H and O–H groups in total. The number of thiazole rings is 1. The molecule has 4 nitrogen and oxygen atoms in total. The Bertz CT molecular complexity index is 654. The third kappa shape index (κ3) is 3.31. The molecule has 0 radical (unpaired) electrons. The summed E-state index contributed by atoms with van der Waals surface area (Å²) in [5.41, 5.74) is 1.44. The largest absolute Gasteiger partial charge is 0.298 e. The van der Waals surface area contributed by atoms with E-state index in [0.717, 1.165) is 10.6 Å². The number of carbonyl (C=O) groups excluding carboxylic acids is 1. The minimum absolute atomic E-state index is 0.108. The minimum atomic E-state index is -0.108. The van der Waals surface area contributed by atoms with Gasteiger partial charge in [-0.15, -0.1) is 0 Å². The molecule has 110 valence electrons. The second-order valence-corrected chi connectivity index (χ2v) is 5.70. The Morgan fingerprint density at radius 2 is 2.24 bits per heavy atom. The van der Waals surface area contributed by atoms with Crippen LogP contribution in [0.15, 0.2) is 36.7 Å². The predicted octanol–water partition coefficient (Wildman–Crippen LogP) is 4.18. The molecule has 0 bridgehead atoms. The number of amides is 1. The summed E-state index contributed by atoms with van der Waals surface area (Å²) in [5.74, 6) is -0.108. The van der Waals surface area contributed by atoms with Crippen LogP contribution in [0.3, 0.4) is 0 Å². The molecule has 2 aromatic rings. The van der Waals surface area contributed by atoms with Gasteiger partial charge in [0.2, 0.25) is 0 Å². The van der Waals surface area contributed by atoms with Gasteiger partial charge in [0.15, 0.2) is 5.15 Å². The van der Waals surface area contributed by atoms with E-state index in [-0.39, 0.29) is 5.91 Å². The highest BCUT2D eigenvalue weighted by molar-refractivity contribution is 7.19. The molecule has 2 heterocycles. The lowest BCUT2D eigenvalue weighted by Gasteiger charge is -2.19. The number of hydrogen-bond acceptors (Lipinski definition) is 4. The highest BCUT2D eigenvalue weighted by Crippen LogP contribution is 2.37. The summed E-state index contributed by atoms with van der Waals surface area (Å²) < 4.78 is 0. The highest BCUT2D eigenvalue weighted by atomic mass is 35.5. The van der Waals surface area contributed by atoms with Crippen LogP contribution >= 0.6 is 22.9 Å².